The minimum atomic E-state index is 0.559. The van der Waals surface area contributed by atoms with Crippen LogP contribution in [-0.4, -0.2) is 16.9 Å². The van der Waals surface area contributed by atoms with Crippen molar-refractivity contribution in [3.8, 4) is 0 Å². The van der Waals surface area contributed by atoms with Gasteiger partial charge in [-0.25, -0.2) is 4.98 Å². The Bertz CT molecular complexity index is 439. The number of hydrogen-bond donors (Lipinski definition) is 1. The van der Waals surface area contributed by atoms with Crippen LogP contribution in [0.4, 0.5) is 5.82 Å². The van der Waals surface area contributed by atoms with Crippen molar-refractivity contribution < 1.29 is 4.42 Å². The molecule has 2 heterocycles. The van der Waals surface area contributed by atoms with Crippen LogP contribution in [-0.2, 0) is 13.1 Å². The molecular weight excluding hydrogens is 202 g/mol. The van der Waals surface area contributed by atoms with Gasteiger partial charge in [0.05, 0.1) is 12.8 Å². The lowest BCUT2D eigenvalue weighted by molar-refractivity contribution is 0.288. The number of hydrogen-bond acceptors (Lipinski definition) is 4. The normalized spacial score (nSPS) is 10.9. The molecule has 4 nitrogen and oxygen atoms in total. The molecule has 0 spiro atoms. The molecule has 0 saturated carbocycles. The standard InChI is InChI=1S/C12H15N3O/c1-15(9-11-3-2-6-16-11)8-10-4-5-14-12(13)7-10/h2-7H,8-9H2,1H3,(H2,13,14). The SMILES string of the molecule is CN(Cc1ccnc(N)c1)Cc1ccco1. The Balaban J connectivity index is 1.94. The molecule has 2 rings (SSSR count). The van der Waals surface area contributed by atoms with Crippen molar-refractivity contribution >= 4 is 5.82 Å². The zero-order chi connectivity index (χ0) is 11.4. The molecule has 84 valence electrons. The van der Waals surface area contributed by atoms with Crippen LogP contribution in [0.25, 0.3) is 0 Å². The number of aromatic nitrogens is 1. The fourth-order valence-electron chi connectivity index (χ4n) is 1.63. The van der Waals surface area contributed by atoms with Gasteiger partial charge in [-0.15, -0.1) is 0 Å². The number of furan rings is 1. The van der Waals surface area contributed by atoms with Gasteiger partial charge in [0.25, 0.3) is 0 Å². The van der Waals surface area contributed by atoms with Crippen molar-refractivity contribution in [1.29, 1.82) is 0 Å². The predicted octanol–water partition coefficient (Wildman–Crippen LogP) is 1.89. The van der Waals surface area contributed by atoms with Gasteiger partial charge in [-0.1, -0.05) is 0 Å². The van der Waals surface area contributed by atoms with Crippen LogP contribution in [0.15, 0.2) is 41.1 Å². The van der Waals surface area contributed by atoms with E-state index < -0.39 is 0 Å². The molecule has 0 aromatic carbocycles. The highest BCUT2D eigenvalue weighted by molar-refractivity contribution is 5.31. The van der Waals surface area contributed by atoms with Crippen LogP contribution in [0.5, 0.6) is 0 Å². The number of rotatable bonds is 4. The lowest BCUT2D eigenvalue weighted by atomic mass is 10.2. The topological polar surface area (TPSA) is 55.3 Å². The maximum atomic E-state index is 5.62. The molecule has 0 amide bonds. The summed E-state index contributed by atoms with van der Waals surface area (Å²) in [6, 6.07) is 7.72. The van der Waals surface area contributed by atoms with E-state index in [1.54, 1.807) is 12.5 Å². The van der Waals surface area contributed by atoms with Gasteiger partial charge in [-0.05, 0) is 36.9 Å². The second kappa shape index (κ2) is 4.81. The first-order valence-electron chi connectivity index (χ1n) is 5.15. The van der Waals surface area contributed by atoms with Crippen LogP contribution < -0.4 is 5.73 Å². The highest BCUT2D eigenvalue weighted by atomic mass is 16.3. The maximum Gasteiger partial charge on any atom is 0.123 e. The highest BCUT2D eigenvalue weighted by Gasteiger charge is 2.03. The molecule has 2 aromatic rings. The molecule has 0 aliphatic heterocycles. The van der Waals surface area contributed by atoms with E-state index in [4.69, 9.17) is 10.2 Å². The lowest BCUT2D eigenvalue weighted by Crippen LogP contribution is -2.17. The summed E-state index contributed by atoms with van der Waals surface area (Å²) in [5, 5.41) is 0. The number of nitrogens with two attached hydrogens (primary N) is 1. The van der Waals surface area contributed by atoms with Gasteiger partial charge in [-0.3, -0.25) is 4.90 Å². The molecule has 0 atom stereocenters. The van der Waals surface area contributed by atoms with Crippen molar-refractivity contribution in [3.05, 3.63) is 48.0 Å². The molecular formula is C12H15N3O. The molecule has 16 heavy (non-hydrogen) atoms. The first-order chi connectivity index (χ1) is 7.74. The summed E-state index contributed by atoms with van der Waals surface area (Å²) < 4.78 is 5.29. The highest BCUT2D eigenvalue weighted by Crippen LogP contribution is 2.09. The average molecular weight is 217 g/mol. The average Bonchev–Trinajstić information content (AvgIpc) is 2.70. The van der Waals surface area contributed by atoms with Crippen molar-refractivity contribution in [2.75, 3.05) is 12.8 Å². The van der Waals surface area contributed by atoms with Crippen molar-refractivity contribution in [3.63, 3.8) is 0 Å². The van der Waals surface area contributed by atoms with Gasteiger partial charge in [0.15, 0.2) is 0 Å². The van der Waals surface area contributed by atoms with Crippen LogP contribution in [0.2, 0.25) is 0 Å². The first kappa shape index (κ1) is 10.7. The van der Waals surface area contributed by atoms with E-state index in [2.05, 4.69) is 9.88 Å². The third-order valence-electron chi connectivity index (χ3n) is 2.30. The second-order valence-electron chi connectivity index (χ2n) is 3.84. The van der Waals surface area contributed by atoms with E-state index in [-0.39, 0.29) is 0 Å². The number of anilines is 1. The van der Waals surface area contributed by atoms with Gasteiger partial charge in [-0.2, -0.15) is 0 Å². The predicted molar refractivity (Wildman–Crippen MR) is 62.5 cm³/mol. The van der Waals surface area contributed by atoms with Gasteiger partial charge in [0.2, 0.25) is 0 Å². The van der Waals surface area contributed by atoms with Crippen LogP contribution in [0.3, 0.4) is 0 Å². The monoisotopic (exact) mass is 217 g/mol. The molecule has 2 N–H and O–H groups in total. The van der Waals surface area contributed by atoms with Crippen molar-refractivity contribution in [1.82, 2.24) is 9.88 Å². The molecule has 2 aromatic heterocycles. The molecule has 0 aliphatic rings. The largest absolute Gasteiger partial charge is 0.468 e. The number of nitrogen functional groups attached to an aromatic ring is 1. The molecule has 0 bridgehead atoms. The molecule has 0 radical (unpaired) electrons. The lowest BCUT2D eigenvalue weighted by Gasteiger charge is -2.15. The van der Waals surface area contributed by atoms with E-state index in [1.165, 1.54) is 0 Å². The third kappa shape index (κ3) is 2.84. The molecule has 4 heteroatoms. The minimum absolute atomic E-state index is 0.559. The number of nitrogens with zero attached hydrogens (tertiary/aromatic N) is 2. The fraction of sp³-hybridized carbons (Fsp3) is 0.250. The Morgan fingerprint density at radius 2 is 2.25 bits per heavy atom. The number of pyridine rings is 1. The molecule has 0 fully saturated rings. The first-order valence-corrected chi connectivity index (χ1v) is 5.15. The van der Waals surface area contributed by atoms with Crippen LogP contribution in [0, 0.1) is 0 Å². The summed E-state index contributed by atoms with van der Waals surface area (Å²) in [5.74, 6) is 1.52. The summed E-state index contributed by atoms with van der Waals surface area (Å²) in [7, 11) is 2.04. The van der Waals surface area contributed by atoms with E-state index in [1.807, 2.05) is 31.3 Å². The summed E-state index contributed by atoms with van der Waals surface area (Å²) in [6.07, 6.45) is 3.42. The Hall–Kier alpha value is -1.81. The Morgan fingerprint density at radius 1 is 1.38 bits per heavy atom. The van der Waals surface area contributed by atoms with Gasteiger partial charge >= 0.3 is 0 Å². The fourth-order valence-corrected chi connectivity index (χ4v) is 1.63. The minimum Gasteiger partial charge on any atom is -0.468 e. The Morgan fingerprint density at radius 3 is 2.94 bits per heavy atom. The summed E-state index contributed by atoms with van der Waals surface area (Å²) in [6.45, 7) is 1.61. The molecule has 0 saturated heterocycles. The zero-order valence-electron chi connectivity index (χ0n) is 9.26. The van der Waals surface area contributed by atoms with Gasteiger partial charge in [0, 0.05) is 12.7 Å². The van der Waals surface area contributed by atoms with E-state index in [0.717, 1.165) is 24.4 Å². The Labute approximate surface area is 94.7 Å². The van der Waals surface area contributed by atoms with E-state index in [9.17, 15) is 0 Å². The summed E-state index contributed by atoms with van der Waals surface area (Å²) >= 11 is 0. The summed E-state index contributed by atoms with van der Waals surface area (Å²) in [5.41, 5.74) is 6.78. The zero-order valence-corrected chi connectivity index (χ0v) is 9.26. The smallest absolute Gasteiger partial charge is 0.123 e. The Kier molecular flexibility index (Phi) is 3.22. The van der Waals surface area contributed by atoms with Crippen LogP contribution >= 0.6 is 0 Å². The maximum absolute atomic E-state index is 5.62. The van der Waals surface area contributed by atoms with E-state index >= 15 is 0 Å². The van der Waals surface area contributed by atoms with E-state index in [0.29, 0.717) is 5.82 Å². The quantitative estimate of drug-likeness (QED) is 0.849. The molecule has 0 unspecified atom stereocenters. The third-order valence-corrected chi connectivity index (χ3v) is 2.30. The van der Waals surface area contributed by atoms with Crippen molar-refractivity contribution in [2.45, 2.75) is 13.1 Å². The van der Waals surface area contributed by atoms with Gasteiger partial charge in [0.1, 0.15) is 11.6 Å². The van der Waals surface area contributed by atoms with Gasteiger partial charge < -0.3 is 10.2 Å². The summed E-state index contributed by atoms with van der Waals surface area (Å²) in [4.78, 5) is 6.12. The second-order valence-corrected chi connectivity index (χ2v) is 3.84. The molecule has 0 aliphatic carbocycles. The van der Waals surface area contributed by atoms with Crippen molar-refractivity contribution in [2.24, 2.45) is 0 Å². The van der Waals surface area contributed by atoms with Crippen LogP contribution in [0.1, 0.15) is 11.3 Å².